The summed E-state index contributed by atoms with van der Waals surface area (Å²) in [5.74, 6) is 0. The lowest BCUT2D eigenvalue weighted by molar-refractivity contribution is 0.00578. The van der Waals surface area contributed by atoms with Crippen molar-refractivity contribution in [1.82, 2.24) is 9.97 Å². The van der Waals surface area contributed by atoms with Crippen LogP contribution in [0.1, 0.15) is 41.0 Å². The van der Waals surface area contributed by atoms with E-state index in [1.165, 1.54) is 0 Å². The van der Waals surface area contributed by atoms with Gasteiger partial charge in [0.05, 0.1) is 23.4 Å². The first kappa shape index (κ1) is 14.3. The van der Waals surface area contributed by atoms with Gasteiger partial charge in [0.2, 0.25) is 0 Å². The van der Waals surface area contributed by atoms with E-state index < -0.39 is 7.12 Å². The number of ether oxygens (including phenoxy) is 1. The zero-order valence-corrected chi connectivity index (χ0v) is 12.3. The molecule has 0 unspecified atom stereocenters. The molecule has 6 heteroatoms. The molecule has 1 aliphatic rings. The van der Waals surface area contributed by atoms with Gasteiger partial charge in [-0.15, -0.1) is 0 Å². The molecule has 0 radical (unpaired) electrons. The molecule has 0 N–H and O–H groups in total. The standard InChI is InChI=1S/C13H21BN2O3/c1-6-9-17-11-15-8-7-10(16-11)14-18-12(2,3)13(4,5)19-14/h7-8H,6,9H2,1-5H3. The number of hydrogen-bond donors (Lipinski definition) is 0. The monoisotopic (exact) mass is 264 g/mol. The molecule has 1 aromatic heterocycles. The molecule has 104 valence electrons. The molecule has 0 bridgehead atoms. The minimum atomic E-state index is -0.475. The van der Waals surface area contributed by atoms with E-state index in [1.54, 1.807) is 12.3 Å². The Morgan fingerprint density at radius 3 is 2.42 bits per heavy atom. The third-order valence-corrected chi connectivity index (χ3v) is 3.59. The summed E-state index contributed by atoms with van der Waals surface area (Å²) >= 11 is 0. The van der Waals surface area contributed by atoms with Gasteiger partial charge in [-0.25, -0.2) is 9.97 Å². The Morgan fingerprint density at radius 1 is 1.21 bits per heavy atom. The Labute approximate surface area is 114 Å². The molecule has 1 aromatic rings. The van der Waals surface area contributed by atoms with Crippen LogP contribution < -0.4 is 10.3 Å². The molecule has 0 aromatic carbocycles. The van der Waals surface area contributed by atoms with Crippen LogP contribution in [0.15, 0.2) is 12.3 Å². The molecule has 2 heterocycles. The van der Waals surface area contributed by atoms with Gasteiger partial charge in [-0.1, -0.05) is 6.92 Å². The summed E-state index contributed by atoms with van der Waals surface area (Å²) in [7, 11) is -0.475. The van der Waals surface area contributed by atoms with Crippen molar-refractivity contribution < 1.29 is 14.0 Å². The highest BCUT2D eigenvalue weighted by Gasteiger charge is 2.52. The molecule has 0 aliphatic carbocycles. The van der Waals surface area contributed by atoms with Crippen molar-refractivity contribution in [3.63, 3.8) is 0 Å². The first-order valence-corrected chi connectivity index (χ1v) is 6.67. The zero-order valence-electron chi connectivity index (χ0n) is 12.3. The van der Waals surface area contributed by atoms with Crippen LogP contribution in [0.4, 0.5) is 0 Å². The van der Waals surface area contributed by atoms with E-state index in [-0.39, 0.29) is 11.2 Å². The average Bonchev–Trinajstić information content (AvgIpc) is 2.56. The topological polar surface area (TPSA) is 53.5 Å². The Balaban J connectivity index is 2.15. The van der Waals surface area contributed by atoms with E-state index >= 15 is 0 Å². The maximum absolute atomic E-state index is 5.94. The Bertz CT molecular complexity index is 435. The first-order chi connectivity index (χ1) is 8.86. The smallest absolute Gasteiger partial charge is 0.463 e. The van der Waals surface area contributed by atoms with Gasteiger partial charge in [-0.2, -0.15) is 0 Å². The van der Waals surface area contributed by atoms with Gasteiger partial charge in [0.15, 0.2) is 0 Å². The highest BCUT2D eigenvalue weighted by atomic mass is 16.7. The number of nitrogens with zero attached hydrogens (tertiary/aromatic N) is 2. The van der Waals surface area contributed by atoms with Crippen molar-refractivity contribution in [3.8, 4) is 6.01 Å². The van der Waals surface area contributed by atoms with Gasteiger partial charge in [0, 0.05) is 6.20 Å². The van der Waals surface area contributed by atoms with E-state index in [2.05, 4.69) is 9.97 Å². The first-order valence-electron chi connectivity index (χ1n) is 6.67. The summed E-state index contributed by atoms with van der Waals surface area (Å²) in [6.45, 7) is 10.7. The minimum absolute atomic E-state index is 0.368. The van der Waals surface area contributed by atoms with Crippen LogP contribution >= 0.6 is 0 Å². The number of hydrogen-bond acceptors (Lipinski definition) is 5. The molecular weight excluding hydrogens is 243 g/mol. The van der Waals surface area contributed by atoms with Crippen molar-refractivity contribution >= 4 is 12.7 Å². The maximum atomic E-state index is 5.94. The van der Waals surface area contributed by atoms with Crippen molar-refractivity contribution in [2.45, 2.75) is 52.2 Å². The molecule has 1 aliphatic heterocycles. The average molecular weight is 264 g/mol. The fourth-order valence-corrected chi connectivity index (χ4v) is 1.71. The molecule has 5 nitrogen and oxygen atoms in total. The molecule has 0 amide bonds. The quantitative estimate of drug-likeness (QED) is 0.772. The Hall–Kier alpha value is -1.14. The molecule has 1 saturated heterocycles. The van der Waals surface area contributed by atoms with Gasteiger partial charge in [-0.05, 0) is 40.2 Å². The lowest BCUT2D eigenvalue weighted by Crippen LogP contribution is -2.41. The van der Waals surface area contributed by atoms with Gasteiger partial charge >= 0.3 is 13.1 Å². The molecule has 0 spiro atoms. The van der Waals surface area contributed by atoms with E-state index in [1.807, 2.05) is 34.6 Å². The van der Waals surface area contributed by atoms with Gasteiger partial charge in [0.25, 0.3) is 0 Å². The predicted octanol–water partition coefficient (Wildman–Crippen LogP) is 1.56. The summed E-state index contributed by atoms with van der Waals surface area (Å²) in [5, 5.41) is 0. The van der Waals surface area contributed by atoms with E-state index in [0.29, 0.717) is 18.2 Å². The van der Waals surface area contributed by atoms with Crippen LogP contribution in [-0.4, -0.2) is 34.9 Å². The van der Waals surface area contributed by atoms with E-state index in [9.17, 15) is 0 Å². The molecule has 0 atom stereocenters. The second-order valence-electron chi connectivity index (χ2n) is 5.70. The third-order valence-electron chi connectivity index (χ3n) is 3.59. The van der Waals surface area contributed by atoms with Crippen LogP contribution in [-0.2, 0) is 9.31 Å². The minimum Gasteiger partial charge on any atom is -0.463 e. The maximum Gasteiger partial charge on any atom is 0.514 e. The zero-order chi connectivity index (χ0) is 14.1. The van der Waals surface area contributed by atoms with Gasteiger partial charge in [-0.3, -0.25) is 0 Å². The van der Waals surface area contributed by atoms with Crippen LogP contribution in [0.3, 0.4) is 0 Å². The number of rotatable bonds is 4. The molecular formula is C13H21BN2O3. The second-order valence-corrected chi connectivity index (χ2v) is 5.70. The Morgan fingerprint density at radius 2 is 1.84 bits per heavy atom. The van der Waals surface area contributed by atoms with Crippen LogP contribution in [0.2, 0.25) is 0 Å². The van der Waals surface area contributed by atoms with Crippen LogP contribution in [0, 0.1) is 0 Å². The van der Waals surface area contributed by atoms with Crippen molar-refractivity contribution in [3.05, 3.63) is 12.3 Å². The summed E-state index contributed by atoms with van der Waals surface area (Å²) < 4.78 is 17.3. The second kappa shape index (κ2) is 5.09. The van der Waals surface area contributed by atoms with Crippen molar-refractivity contribution in [2.75, 3.05) is 6.61 Å². The normalized spacial score (nSPS) is 20.6. The fourth-order valence-electron chi connectivity index (χ4n) is 1.71. The summed E-state index contributed by atoms with van der Waals surface area (Å²) in [6, 6.07) is 2.16. The third kappa shape index (κ3) is 2.90. The lowest BCUT2D eigenvalue weighted by Gasteiger charge is -2.32. The van der Waals surface area contributed by atoms with Crippen molar-refractivity contribution in [1.29, 1.82) is 0 Å². The van der Waals surface area contributed by atoms with Gasteiger partial charge in [0.1, 0.15) is 0 Å². The number of aromatic nitrogens is 2. The molecule has 19 heavy (non-hydrogen) atoms. The fraction of sp³-hybridized carbons (Fsp3) is 0.692. The SMILES string of the molecule is CCCOc1nccc(B2OC(C)(C)C(C)(C)O2)n1. The molecule has 2 rings (SSSR count). The Kier molecular flexibility index (Phi) is 3.83. The van der Waals surface area contributed by atoms with E-state index in [4.69, 9.17) is 14.0 Å². The predicted molar refractivity (Wildman–Crippen MR) is 73.5 cm³/mol. The van der Waals surface area contributed by atoms with Crippen molar-refractivity contribution in [2.24, 2.45) is 0 Å². The summed E-state index contributed by atoms with van der Waals surface area (Å²) in [4.78, 5) is 8.42. The molecule has 1 fully saturated rings. The summed E-state index contributed by atoms with van der Waals surface area (Å²) in [6.07, 6.45) is 2.59. The largest absolute Gasteiger partial charge is 0.514 e. The summed E-state index contributed by atoms with van der Waals surface area (Å²) in [5.41, 5.74) is -0.0418. The molecule has 0 saturated carbocycles. The lowest BCUT2D eigenvalue weighted by atomic mass is 9.85. The van der Waals surface area contributed by atoms with Crippen LogP contribution in [0.5, 0.6) is 6.01 Å². The van der Waals surface area contributed by atoms with E-state index in [0.717, 1.165) is 6.42 Å². The highest BCUT2D eigenvalue weighted by Crippen LogP contribution is 2.36. The van der Waals surface area contributed by atoms with Gasteiger partial charge < -0.3 is 14.0 Å². The highest BCUT2D eigenvalue weighted by molar-refractivity contribution is 6.61. The van der Waals surface area contributed by atoms with Crippen LogP contribution in [0.25, 0.3) is 0 Å².